The van der Waals surface area contributed by atoms with Crippen molar-refractivity contribution in [3.8, 4) is 17.1 Å². The highest BCUT2D eigenvalue weighted by molar-refractivity contribution is 6.32. The molecule has 1 aromatic carbocycles. The van der Waals surface area contributed by atoms with Crippen LogP contribution in [0, 0.1) is 0 Å². The zero-order valence-electron chi connectivity index (χ0n) is 14.8. The van der Waals surface area contributed by atoms with Crippen LogP contribution in [-0.4, -0.2) is 38.2 Å². The Bertz CT molecular complexity index is 616. The average molecular weight is 408 g/mol. The van der Waals surface area contributed by atoms with Crippen molar-refractivity contribution >= 4 is 11.6 Å². The van der Waals surface area contributed by atoms with Gasteiger partial charge < -0.3 is 44.2 Å². The molecule has 0 bridgehead atoms. The monoisotopic (exact) mass is 406 g/mol. The number of nitrogens with one attached hydrogen (secondary N) is 1. The molecule has 0 radical (unpaired) electrons. The number of halogens is 3. The quantitative estimate of drug-likeness (QED) is 0.490. The predicted molar refractivity (Wildman–Crippen MR) is 95.2 cm³/mol. The largest absolute Gasteiger partial charge is 1.00 e. The second-order valence-corrected chi connectivity index (χ2v) is 5.73. The zero-order chi connectivity index (χ0) is 16.7. The van der Waals surface area contributed by atoms with Gasteiger partial charge in [-0.25, -0.2) is 0 Å². The summed E-state index contributed by atoms with van der Waals surface area (Å²) in [6.07, 6.45) is 0. The maximum absolute atomic E-state index is 6.16. The molecule has 0 saturated carbocycles. The van der Waals surface area contributed by atoms with Crippen LogP contribution in [0.3, 0.4) is 0 Å². The molecule has 0 aliphatic carbocycles. The summed E-state index contributed by atoms with van der Waals surface area (Å²) < 4.78 is 11.1. The minimum absolute atomic E-state index is 0. The third-order valence-electron chi connectivity index (χ3n) is 3.90. The highest BCUT2D eigenvalue weighted by Gasteiger charge is 2.08. The Labute approximate surface area is 167 Å². The lowest BCUT2D eigenvalue weighted by molar-refractivity contribution is -0.00100. The number of hydrogen-bond acceptors (Lipinski definition) is 4. The molecule has 0 fully saturated rings. The second kappa shape index (κ2) is 12.4. The SMILES string of the molecule is CCN(CC)CCNCc1ccc(-c2ccc(OC)c(Cl)c2)o1.[Cl-].[Cl-]. The zero-order valence-corrected chi connectivity index (χ0v) is 17.1. The third kappa shape index (κ3) is 7.08. The van der Waals surface area contributed by atoms with Gasteiger partial charge in [-0.3, -0.25) is 0 Å². The van der Waals surface area contributed by atoms with E-state index in [2.05, 4.69) is 24.1 Å². The van der Waals surface area contributed by atoms with E-state index in [1.54, 1.807) is 7.11 Å². The number of likely N-dealkylation sites (N-methyl/N-ethyl adjacent to an activating group) is 1. The van der Waals surface area contributed by atoms with Crippen molar-refractivity contribution < 1.29 is 34.0 Å². The topological polar surface area (TPSA) is 37.6 Å². The fourth-order valence-electron chi connectivity index (χ4n) is 2.44. The fourth-order valence-corrected chi connectivity index (χ4v) is 2.69. The molecule has 1 N–H and O–H groups in total. The van der Waals surface area contributed by atoms with Gasteiger partial charge in [0, 0.05) is 18.7 Å². The van der Waals surface area contributed by atoms with Crippen molar-refractivity contribution in [2.24, 2.45) is 0 Å². The highest BCUT2D eigenvalue weighted by Crippen LogP contribution is 2.31. The van der Waals surface area contributed by atoms with Crippen molar-refractivity contribution in [1.29, 1.82) is 0 Å². The van der Waals surface area contributed by atoms with E-state index in [-0.39, 0.29) is 24.8 Å². The molecule has 142 valence electrons. The lowest BCUT2D eigenvalue weighted by Gasteiger charge is -2.17. The van der Waals surface area contributed by atoms with Crippen LogP contribution in [0.15, 0.2) is 34.7 Å². The summed E-state index contributed by atoms with van der Waals surface area (Å²) in [7, 11) is 1.61. The van der Waals surface area contributed by atoms with Crippen molar-refractivity contribution in [3.63, 3.8) is 0 Å². The maximum atomic E-state index is 6.16. The summed E-state index contributed by atoms with van der Waals surface area (Å²) in [4.78, 5) is 2.39. The molecule has 0 aliphatic rings. The van der Waals surface area contributed by atoms with Crippen LogP contribution in [0.25, 0.3) is 11.3 Å². The van der Waals surface area contributed by atoms with Gasteiger partial charge in [0.1, 0.15) is 17.3 Å². The van der Waals surface area contributed by atoms with E-state index in [4.69, 9.17) is 20.8 Å². The van der Waals surface area contributed by atoms with E-state index in [1.807, 2.05) is 30.3 Å². The minimum atomic E-state index is 0. The van der Waals surface area contributed by atoms with Crippen LogP contribution >= 0.6 is 11.6 Å². The van der Waals surface area contributed by atoms with Gasteiger partial charge >= 0.3 is 0 Å². The summed E-state index contributed by atoms with van der Waals surface area (Å²) in [6, 6.07) is 9.62. The van der Waals surface area contributed by atoms with E-state index >= 15 is 0 Å². The van der Waals surface area contributed by atoms with Crippen molar-refractivity contribution in [3.05, 3.63) is 41.1 Å². The van der Waals surface area contributed by atoms with Gasteiger partial charge in [-0.15, -0.1) is 0 Å². The molecule has 25 heavy (non-hydrogen) atoms. The Hall–Kier alpha value is -0.910. The third-order valence-corrected chi connectivity index (χ3v) is 4.19. The predicted octanol–water partition coefficient (Wildman–Crippen LogP) is -1.95. The fraction of sp³-hybridized carbons (Fsp3) is 0.444. The molecular weight excluding hydrogens is 383 g/mol. The van der Waals surface area contributed by atoms with Crippen LogP contribution < -0.4 is 34.9 Å². The molecule has 2 rings (SSSR count). The standard InChI is InChI=1S/C18H25ClN2O2.2ClH/c1-4-21(5-2)11-10-20-13-15-7-9-17(23-15)14-6-8-18(22-3)16(19)12-14;;/h6-9,12,20H,4-5,10-11,13H2,1-3H3;2*1H/p-2. The summed E-state index contributed by atoms with van der Waals surface area (Å²) in [6.45, 7) is 9.26. The summed E-state index contributed by atoms with van der Waals surface area (Å²) in [5.74, 6) is 2.40. The number of hydrogen-bond donors (Lipinski definition) is 1. The Balaban J connectivity index is 0.00000288. The van der Waals surface area contributed by atoms with E-state index < -0.39 is 0 Å². The lowest BCUT2D eigenvalue weighted by atomic mass is 10.2. The Kier molecular flexibility index (Phi) is 12.0. The maximum Gasteiger partial charge on any atom is 0.137 e. The first-order valence-corrected chi connectivity index (χ1v) is 8.41. The smallest absolute Gasteiger partial charge is 0.137 e. The molecule has 0 atom stereocenters. The van der Waals surface area contributed by atoms with Crippen molar-refractivity contribution in [2.75, 3.05) is 33.3 Å². The van der Waals surface area contributed by atoms with Gasteiger partial charge in [-0.1, -0.05) is 25.4 Å². The van der Waals surface area contributed by atoms with E-state index in [0.717, 1.165) is 49.8 Å². The molecule has 1 aromatic heterocycles. The van der Waals surface area contributed by atoms with E-state index in [9.17, 15) is 0 Å². The molecule has 2 aromatic rings. The number of benzene rings is 1. The Morgan fingerprint density at radius 1 is 1.12 bits per heavy atom. The minimum Gasteiger partial charge on any atom is -1.00 e. The highest BCUT2D eigenvalue weighted by atomic mass is 35.5. The van der Waals surface area contributed by atoms with Gasteiger partial charge in [-0.2, -0.15) is 0 Å². The molecule has 7 heteroatoms. The number of furan rings is 1. The first-order valence-electron chi connectivity index (χ1n) is 8.03. The normalized spacial score (nSPS) is 10.3. The summed E-state index contributed by atoms with van der Waals surface area (Å²) >= 11 is 6.16. The van der Waals surface area contributed by atoms with Crippen LogP contribution in [0.4, 0.5) is 0 Å². The van der Waals surface area contributed by atoms with Crippen LogP contribution in [-0.2, 0) is 6.54 Å². The molecule has 0 unspecified atom stereocenters. The van der Waals surface area contributed by atoms with Gasteiger partial charge in [0.25, 0.3) is 0 Å². The first kappa shape index (κ1) is 24.1. The summed E-state index contributed by atoms with van der Waals surface area (Å²) in [5.41, 5.74) is 0.949. The van der Waals surface area contributed by atoms with Crippen LogP contribution in [0.1, 0.15) is 19.6 Å². The molecular formula is C18H25Cl3N2O2-2. The Morgan fingerprint density at radius 2 is 1.84 bits per heavy atom. The van der Waals surface area contributed by atoms with E-state index in [1.165, 1.54) is 0 Å². The van der Waals surface area contributed by atoms with Crippen molar-refractivity contribution in [1.82, 2.24) is 10.2 Å². The second-order valence-electron chi connectivity index (χ2n) is 5.32. The molecule has 4 nitrogen and oxygen atoms in total. The average Bonchev–Trinajstić information content (AvgIpc) is 3.04. The van der Waals surface area contributed by atoms with Gasteiger partial charge in [0.2, 0.25) is 0 Å². The van der Waals surface area contributed by atoms with E-state index in [0.29, 0.717) is 10.8 Å². The van der Waals surface area contributed by atoms with Crippen LogP contribution in [0.2, 0.25) is 5.02 Å². The first-order chi connectivity index (χ1) is 11.2. The molecule has 0 spiro atoms. The van der Waals surface area contributed by atoms with Gasteiger partial charge in [-0.05, 0) is 43.4 Å². The number of ether oxygens (including phenoxy) is 1. The molecule has 1 heterocycles. The lowest BCUT2D eigenvalue weighted by Crippen LogP contribution is -3.00. The van der Waals surface area contributed by atoms with Crippen molar-refractivity contribution in [2.45, 2.75) is 20.4 Å². The summed E-state index contributed by atoms with van der Waals surface area (Å²) in [5, 5.41) is 4.00. The number of nitrogens with zero attached hydrogens (tertiary/aromatic N) is 1. The molecule has 0 amide bonds. The van der Waals surface area contributed by atoms with Gasteiger partial charge in [0.05, 0.1) is 18.7 Å². The van der Waals surface area contributed by atoms with Gasteiger partial charge in [0.15, 0.2) is 0 Å². The number of rotatable bonds is 9. The number of methoxy groups -OCH3 is 1. The van der Waals surface area contributed by atoms with Crippen LogP contribution in [0.5, 0.6) is 5.75 Å². The Morgan fingerprint density at radius 3 is 2.44 bits per heavy atom. The molecule has 0 saturated heterocycles. The molecule has 0 aliphatic heterocycles.